The van der Waals surface area contributed by atoms with Crippen LogP contribution < -0.4 is 10.6 Å². The second kappa shape index (κ2) is 14.7. The van der Waals surface area contributed by atoms with Gasteiger partial charge in [-0.05, 0) is 19.0 Å². The Hall–Kier alpha value is -0.240. The minimum atomic E-state index is 0.586. The van der Waals surface area contributed by atoms with Crippen molar-refractivity contribution in [2.45, 2.75) is 34.6 Å². The van der Waals surface area contributed by atoms with E-state index < -0.39 is 0 Å². The van der Waals surface area contributed by atoms with E-state index >= 15 is 0 Å². The first-order valence-corrected chi connectivity index (χ1v) is 11.2. The summed E-state index contributed by atoms with van der Waals surface area (Å²) < 4.78 is 11.4. The Morgan fingerprint density at radius 3 is 1.74 bits per heavy atom. The summed E-state index contributed by atoms with van der Waals surface area (Å²) in [6.45, 7) is 25.2. The second-order valence-corrected chi connectivity index (χ2v) is 8.10. The van der Waals surface area contributed by atoms with E-state index in [1.165, 1.54) is 26.2 Å². The summed E-state index contributed by atoms with van der Waals surface area (Å²) in [5.41, 5.74) is 0.586. The molecule has 0 saturated carbocycles. The molecule has 2 aliphatic rings. The minimum absolute atomic E-state index is 0.586. The zero-order chi connectivity index (χ0) is 20.0. The molecule has 0 aromatic heterocycles. The van der Waals surface area contributed by atoms with Crippen molar-refractivity contribution in [2.75, 3.05) is 91.9 Å². The molecule has 0 aliphatic carbocycles. The SMILES string of the molecule is CC.CCNCCOCCN1CC2(C1)CN(CCOCCNCC(C)C)C2. The molecule has 6 nitrogen and oxygen atoms in total. The normalized spacial score (nSPS) is 18.9. The lowest BCUT2D eigenvalue weighted by Gasteiger charge is -2.60. The van der Waals surface area contributed by atoms with Crippen LogP contribution in [0, 0.1) is 11.3 Å². The molecule has 0 aromatic rings. The van der Waals surface area contributed by atoms with Crippen molar-refractivity contribution in [1.29, 1.82) is 0 Å². The van der Waals surface area contributed by atoms with Gasteiger partial charge in [0.1, 0.15) is 0 Å². The highest BCUT2D eigenvalue weighted by atomic mass is 16.5. The van der Waals surface area contributed by atoms with E-state index in [2.05, 4.69) is 41.2 Å². The van der Waals surface area contributed by atoms with Gasteiger partial charge >= 0.3 is 0 Å². The van der Waals surface area contributed by atoms with Gasteiger partial charge < -0.3 is 20.1 Å². The van der Waals surface area contributed by atoms with Crippen LogP contribution in [-0.2, 0) is 9.47 Å². The molecule has 0 unspecified atom stereocenters. The molecule has 2 rings (SSSR count). The number of likely N-dealkylation sites (N-methyl/N-ethyl adjacent to an activating group) is 1. The summed E-state index contributed by atoms with van der Waals surface area (Å²) >= 11 is 0. The standard InChI is InChI=1S/C19H40N4O2.C2H6/c1-4-20-5-9-24-11-7-22-14-19(15-22)16-23(17-19)8-12-25-10-6-21-13-18(2)3;1-2/h18,20-21H,4-17H2,1-3H3;1-2H3. The predicted octanol–water partition coefficient (Wildman–Crippen LogP) is 1.52. The molecule has 6 heteroatoms. The average Bonchev–Trinajstić information content (AvgIpc) is 2.60. The number of nitrogens with one attached hydrogen (secondary N) is 2. The molecule has 1 spiro atoms. The van der Waals surface area contributed by atoms with E-state index in [-0.39, 0.29) is 0 Å². The van der Waals surface area contributed by atoms with Crippen LogP contribution in [0.3, 0.4) is 0 Å². The van der Waals surface area contributed by atoms with E-state index in [9.17, 15) is 0 Å². The van der Waals surface area contributed by atoms with Crippen LogP contribution in [-0.4, -0.2) is 102 Å². The summed E-state index contributed by atoms with van der Waals surface area (Å²) in [6, 6.07) is 0. The molecular weight excluding hydrogens is 340 g/mol. The van der Waals surface area contributed by atoms with Gasteiger partial charge in [-0.25, -0.2) is 0 Å². The molecule has 2 fully saturated rings. The summed E-state index contributed by atoms with van der Waals surface area (Å²) in [4.78, 5) is 5.06. The molecule has 2 N–H and O–H groups in total. The van der Waals surface area contributed by atoms with Gasteiger partial charge in [0, 0.05) is 57.8 Å². The summed E-state index contributed by atoms with van der Waals surface area (Å²) in [5.74, 6) is 0.712. The van der Waals surface area contributed by atoms with Gasteiger partial charge in [-0.15, -0.1) is 0 Å². The van der Waals surface area contributed by atoms with Gasteiger partial charge in [-0.3, -0.25) is 9.80 Å². The fourth-order valence-corrected chi connectivity index (χ4v) is 3.77. The van der Waals surface area contributed by atoms with Crippen LogP contribution in [0.4, 0.5) is 0 Å². The van der Waals surface area contributed by atoms with Crippen LogP contribution in [0.1, 0.15) is 34.6 Å². The number of rotatable bonds is 15. The third kappa shape index (κ3) is 10.2. The monoisotopic (exact) mass is 386 g/mol. The van der Waals surface area contributed by atoms with Crippen molar-refractivity contribution in [3.05, 3.63) is 0 Å². The molecule has 0 amide bonds. The first-order chi connectivity index (χ1) is 13.1. The summed E-state index contributed by atoms with van der Waals surface area (Å²) in [7, 11) is 0. The smallest absolute Gasteiger partial charge is 0.0594 e. The van der Waals surface area contributed by atoms with Gasteiger partial charge in [-0.2, -0.15) is 0 Å². The molecular formula is C21H46N4O2. The van der Waals surface area contributed by atoms with Gasteiger partial charge in [-0.1, -0.05) is 34.6 Å². The zero-order valence-electron chi connectivity index (χ0n) is 18.7. The molecule has 0 radical (unpaired) electrons. The predicted molar refractivity (Wildman–Crippen MR) is 115 cm³/mol. The highest BCUT2D eigenvalue weighted by Crippen LogP contribution is 2.38. The topological polar surface area (TPSA) is 49.0 Å². The molecule has 0 atom stereocenters. The number of hydrogen-bond acceptors (Lipinski definition) is 6. The Balaban J connectivity index is 0.00000176. The maximum absolute atomic E-state index is 5.72. The summed E-state index contributed by atoms with van der Waals surface area (Å²) in [5, 5.41) is 6.69. The Kier molecular flexibility index (Phi) is 13.5. The first-order valence-electron chi connectivity index (χ1n) is 11.2. The molecule has 2 heterocycles. The maximum Gasteiger partial charge on any atom is 0.0594 e. The second-order valence-electron chi connectivity index (χ2n) is 8.10. The van der Waals surface area contributed by atoms with E-state index in [1.54, 1.807) is 0 Å². The lowest BCUT2D eigenvalue weighted by Crippen LogP contribution is -2.72. The van der Waals surface area contributed by atoms with E-state index in [0.29, 0.717) is 11.3 Å². The van der Waals surface area contributed by atoms with Crippen molar-refractivity contribution in [1.82, 2.24) is 20.4 Å². The third-order valence-corrected chi connectivity index (χ3v) is 4.99. The van der Waals surface area contributed by atoms with Crippen molar-refractivity contribution in [3.8, 4) is 0 Å². The molecule has 2 aliphatic heterocycles. The van der Waals surface area contributed by atoms with Gasteiger partial charge in [0.2, 0.25) is 0 Å². The molecule has 0 bridgehead atoms. The summed E-state index contributed by atoms with van der Waals surface area (Å²) in [6.07, 6.45) is 0. The Labute approximate surface area is 168 Å². The maximum atomic E-state index is 5.72. The number of nitrogens with zero attached hydrogens (tertiary/aromatic N) is 2. The van der Waals surface area contributed by atoms with E-state index in [0.717, 1.165) is 65.7 Å². The molecule has 27 heavy (non-hydrogen) atoms. The average molecular weight is 387 g/mol. The van der Waals surface area contributed by atoms with E-state index in [4.69, 9.17) is 9.47 Å². The lowest BCUT2D eigenvalue weighted by molar-refractivity contribution is -0.123. The molecule has 162 valence electrons. The Bertz CT molecular complexity index is 341. The van der Waals surface area contributed by atoms with Crippen LogP contribution in [0.15, 0.2) is 0 Å². The fourth-order valence-electron chi connectivity index (χ4n) is 3.77. The van der Waals surface area contributed by atoms with Crippen LogP contribution in [0.5, 0.6) is 0 Å². The van der Waals surface area contributed by atoms with Crippen molar-refractivity contribution >= 4 is 0 Å². The van der Waals surface area contributed by atoms with Gasteiger partial charge in [0.15, 0.2) is 0 Å². The fraction of sp³-hybridized carbons (Fsp3) is 1.00. The van der Waals surface area contributed by atoms with Crippen molar-refractivity contribution < 1.29 is 9.47 Å². The van der Waals surface area contributed by atoms with Crippen molar-refractivity contribution in [2.24, 2.45) is 11.3 Å². The van der Waals surface area contributed by atoms with Crippen LogP contribution in [0.2, 0.25) is 0 Å². The minimum Gasteiger partial charge on any atom is -0.379 e. The molecule has 2 saturated heterocycles. The first kappa shape index (κ1) is 24.8. The number of hydrogen-bond donors (Lipinski definition) is 2. The third-order valence-electron chi connectivity index (χ3n) is 4.99. The largest absolute Gasteiger partial charge is 0.379 e. The van der Waals surface area contributed by atoms with E-state index in [1.807, 2.05) is 13.8 Å². The lowest BCUT2D eigenvalue weighted by atomic mass is 9.73. The van der Waals surface area contributed by atoms with Gasteiger partial charge in [0.25, 0.3) is 0 Å². The zero-order valence-corrected chi connectivity index (χ0v) is 18.7. The Morgan fingerprint density at radius 2 is 1.30 bits per heavy atom. The van der Waals surface area contributed by atoms with Gasteiger partial charge in [0.05, 0.1) is 26.4 Å². The van der Waals surface area contributed by atoms with Crippen LogP contribution >= 0.6 is 0 Å². The highest BCUT2D eigenvalue weighted by molar-refractivity contribution is 5.05. The Morgan fingerprint density at radius 1 is 0.815 bits per heavy atom. The van der Waals surface area contributed by atoms with Crippen LogP contribution in [0.25, 0.3) is 0 Å². The highest BCUT2D eigenvalue weighted by Gasteiger charge is 2.50. The number of ether oxygens (including phenoxy) is 2. The molecule has 0 aromatic carbocycles. The van der Waals surface area contributed by atoms with Crippen molar-refractivity contribution in [3.63, 3.8) is 0 Å². The number of likely N-dealkylation sites (tertiary alicyclic amines) is 2. The quantitative estimate of drug-likeness (QED) is 0.416.